The molecule has 44 heavy (non-hydrogen) atoms. The van der Waals surface area contributed by atoms with Crippen LogP contribution in [0, 0.1) is 0 Å². The van der Waals surface area contributed by atoms with Gasteiger partial charge < -0.3 is 0 Å². The van der Waals surface area contributed by atoms with E-state index in [1.165, 1.54) is 23.3 Å². The molecule has 228 valence electrons. The highest BCUT2D eigenvalue weighted by Crippen LogP contribution is 2.35. The van der Waals surface area contributed by atoms with Gasteiger partial charge in [0, 0.05) is 12.0 Å². The van der Waals surface area contributed by atoms with Crippen molar-refractivity contribution >= 4 is 0 Å². The standard InChI is InChI=1S/C38H40F3N3/c1-8-9-34-42-35(27-14-20-32(21-15-27)38(39,40)41)44(43-34)33-23-28(25-10-16-30(17-11-25)36(2,3)4)22-29(24-33)26-12-18-31(19-13-26)37(5,6)7/h10-24H,8-9H2,1-7H3. The molecule has 0 aliphatic carbocycles. The van der Waals surface area contributed by atoms with Crippen LogP contribution in [0.25, 0.3) is 39.3 Å². The molecule has 0 saturated carbocycles. The first-order valence-corrected chi connectivity index (χ1v) is 15.1. The highest BCUT2D eigenvalue weighted by Gasteiger charge is 2.30. The molecule has 1 aromatic heterocycles. The number of hydrogen-bond donors (Lipinski definition) is 0. The molecule has 0 N–H and O–H groups in total. The SMILES string of the molecule is CCCc1nc(-c2ccc(C(F)(F)F)cc2)n(-c2cc(-c3ccc(C(C)(C)C)cc3)cc(-c3ccc(C(C)(C)C)cc3)c2)n1. The van der Waals surface area contributed by atoms with Crippen LogP contribution in [0.5, 0.6) is 0 Å². The average molecular weight is 596 g/mol. The molecule has 4 aromatic carbocycles. The Morgan fingerprint density at radius 3 is 1.41 bits per heavy atom. The molecule has 6 heteroatoms. The van der Waals surface area contributed by atoms with Gasteiger partial charge in [-0.1, -0.05) is 109 Å². The summed E-state index contributed by atoms with van der Waals surface area (Å²) in [7, 11) is 0. The molecule has 0 spiro atoms. The number of rotatable bonds is 6. The summed E-state index contributed by atoms with van der Waals surface area (Å²) in [4.78, 5) is 4.79. The summed E-state index contributed by atoms with van der Waals surface area (Å²) >= 11 is 0. The van der Waals surface area contributed by atoms with Crippen LogP contribution in [0.1, 0.15) is 77.4 Å². The Morgan fingerprint density at radius 1 is 0.568 bits per heavy atom. The fraction of sp³-hybridized carbons (Fsp3) is 0.316. The fourth-order valence-corrected chi connectivity index (χ4v) is 5.25. The molecule has 0 radical (unpaired) electrons. The molecule has 0 aliphatic heterocycles. The highest BCUT2D eigenvalue weighted by molar-refractivity contribution is 5.77. The number of nitrogens with zero attached hydrogens (tertiary/aromatic N) is 3. The maximum absolute atomic E-state index is 13.3. The molecule has 1 heterocycles. The molecular weight excluding hydrogens is 555 g/mol. The van der Waals surface area contributed by atoms with Crippen molar-refractivity contribution in [2.45, 2.75) is 78.3 Å². The first-order chi connectivity index (χ1) is 20.6. The van der Waals surface area contributed by atoms with Crippen LogP contribution in [0.4, 0.5) is 13.2 Å². The minimum absolute atomic E-state index is 0.0350. The van der Waals surface area contributed by atoms with Crippen molar-refractivity contribution < 1.29 is 13.2 Å². The van der Waals surface area contributed by atoms with Crippen molar-refractivity contribution in [3.8, 4) is 39.3 Å². The highest BCUT2D eigenvalue weighted by atomic mass is 19.4. The zero-order valence-corrected chi connectivity index (χ0v) is 26.6. The Morgan fingerprint density at radius 2 is 1.00 bits per heavy atom. The predicted molar refractivity (Wildman–Crippen MR) is 174 cm³/mol. The van der Waals surface area contributed by atoms with Crippen LogP contribution in [-0.2, 0) is 23.4 Å². The third-order valence-corrected chi connectivity index (χ3v) is 7.93. The first-order valence-electron chi connectivity index (χ1n) is 15.1. The van der Waals surface area contributed by atoms with Crippen molar-refractivity contribution in [3.63, 3.8) is 0 Å². The Bertz CT molecular complexity index is 1660. The molecular formula is C38H40F3N3. The Balaban J connectivity index is 1.69. The summed E-state index contributed by atoms with van der Waals surface area (Å²) in [5.74, 6) is 1.16. The van der Waals surface area contributed by atoms with Crippen molar-refractivity contribution in [1.29, 1.82) is 0 Å². The lowest BCUT2D eigenvalue weighted by molar-refractivity contribution is -0.137. The van der Waals surface area contributed by atoms with E-state index in [1.54, 1.807) is 4.68 Å². The number of aryl methyl sites for hydroxylation is 1. The second kappa shape index (κ2) is 11.7. The summed E-state index contributed by atoms with van der Waals surface area (Å²) in [6.45, 7) is 15.2. The molecule has 5 aromatic rings. The van der Waals surface area contributed by atoms with Gasteiger partial charge in [0.2, 0.25) is 0 Å². The second-order valence-electron chi connectivity index (χ2n) is 13.5. The van der Waals surface area contributed by atoms with Crippen molar-refractivity contribution in [3.05, 3.63) is 114 Å². The van der Waals surface area contributed by atoms with Gasteiger partial charge in [0.25, 0.3) is 0 Å². The Labute approximate surface area is 258 Å². The number of aromatic nitrogens is 3. The van der Waals surface area contributed by atoms with Gasteiger partial charge >= 0.3 is 6.18 Å². The molecule has 3 nitrogen and oxygen atoms in total. The number of hydrogen-bond acceptors (Lipinski definition) is 2. The fourth-order valence-electron chi connectivity index (χ4n) is 5.25. The number of halogens is 3. The van der Waals surface area contributed by atoms with Gasteiger partial charge in [-0.3, -0.25) is 0 Å². The van der Waals surface area contributed by atoms with E-state index in [0.29, 0.717) is 23.6 Å². The van der Waals surface area contributed by atoms with Gasteiger partial charge in [0.1, 0.15) is 0 Å². The smallest absolute Gasteiger partial charge is 0.213 e. The van der Waals surface area contributed by atoms with E-state index in [1.807, 2.05) is 0 Å². The van der Waals surface area contributed by atoms with E-state index in [9.17, 15) is 13.2 Å². The summed E-state index contributed by atoms with van der Waals surface area (Å²) in [6, 6.07) is 28.7. The van der Waals surface area contributed by atoms with E-state index in [2.05, 4.69) is 115 Å². The molecule has 0 aliphatic rings. The Kier molecular flexibility index (Phi) is 8.32. The molecule has 0 amide bonds. The van der Waals surface area contributed by atoms with Gasteiger partial charge in [-0.25, -0.2) is 9.67 Å². The lowest BCUT2D eigenvalue weighted by Gasteiger charge is -2.20. The maximum atomic E-state index is 13.3. The largest absolute Gasteiger partial charge is 0.416 e. The lowest BCUT2D eigenvalue weighted by Crippen LogP contribution is -2.10. The van der Waals surface area contributed by atoms with Crippen molar-refractivity contribution in [2.24, 2.45) is 0 Å². The Hall–Kier alpha value is -4.19. The monoisotopic (exact) mass is 595 g/mol. The predicted octanol–water partition coefficient (Wildman–Crippen LogP) is 10.8. The minimum atomic E-state index is -4.41. The maximum Gasteiger partial charge on any atom is 0.416 e. The second-order valence-corrected chi connectivity index (χ2v) is 13.5. The van der Waals surface area contributed by atoms with Crippen LogP contribution >= 0.6 is 0 Å². The van der Waals surface area contributed by atoms with Crippen LogP contribution < -0.4 is 0 Å². The minimum Gasteiger partial charge on any atom is -0.213 e. The van der Waals surface area contributed by atoms with E-state index in [0.717, 1.165) is 46.5 Å². The number of alkyl halides is 3. The number of benzene rings is 4. The first kappa shape index (κ1) is 31.2. The third-order valence-electron chi connectivity index (χ3n) is 7.93. The average Bonchev–Trinajstić information content (AvgIpc) is 3.40. The summed E-state index contributed by atoms with van der Waals surface area (Å²) in [6.07, 6.45) is -2.90. The quantitative estimate of drug-likeness (QED) is 0.195. The van der Waals surface area contributed by atoms with Gasteiger partial charge in [0.05, 0.1) is 11.3 Å². The zero-order valence-electron chi connectivity index (χ0n) is 26.6. The molecule has 5 rings (SSSR count). The van der Waals surface area contributed by atoms with Crippen LogP contribution in [0.15, 0.2) is 91.0 Å². The summed E-state index contributed by atoms with van der Waals surface area (Å²) in [5, 5.41) is 4.86. The van der Waals surface area contributed by atoms with E-state index in [4.69, 9.17) is 10.1 Å². The molecule has 0 saturated heterocycles. The van der Waals surface area contributed by atoms with Gasteiger partial charge in [-0.15, -0.1) is 0 Å². The summed E-state index contributed by atoms with van der Waals surface area (Å²) in [5.41, 5.74) is 7.41. The van der Waals surface area contributed by atoms with Crippen LogP contribution in [0.3, 0.4) is 0 Å². The van der Waals surface area contributed by atoms with Crippen molar-refractivity contribution in [2.75, 3.05) is 0 Å². The van der Waals surface area contributed by atoms with E-state index in [-0.39, 0.29) is 10.8 Å². The summed E-state index contributed by atoms with van der Waals surface area (Å²) < 4.78 is 41.8. The van der Waals surface area contributed by atoms with Crippen LogP contribution in [-0.4, -0.2) is 14.8 Å². The molecule has 0 unspecified atom stereocenters. The third kappa shape index (κ3) is 6.80. The topological polar surface area (TPSA) is 30.7 Å². The van der Waals surface area contributed by atoms with Crippen LogP contribution in [0.2, 0.25) is 0 Å². The van der Waals surface area contributed by atoms with E-state index < -0.39 is 11.7 Å². The zero-order chi connectivity index (χ0) is 31.9. The lowest BCUT2D eigenvalue weighted by atomic mass is 9.85. The van der Waals surface area contributed by atoms with Gasteiger partial charge in [0.15, 0.2) is 11.6 Å². The van der Waals surface area contributed by atoms with Gasteiger partial charge in [-0.05, 0) is 81.0 Å². The molecule has 0 bridgehead atoms. The molecule has 0 atom stereocenters. The van der Waals surface area contributed by atoms with E-state index >= 15 is 0 Å². The molecule has 0 fully saturated rings. The van der Waals surface area contributed by atoms with Gasteiger partial charge in [-0.2, -0.15) is 18.3 Å². The normalized spacial score (nSPS) is 12.5. The van der Waals surface area contributed by atoms with Crippen molar-refractivity contribution in [1.82, 2.24) is 14.8 Å².